The minimum atomic E-state index is 0.0376. The Morgan fingerprint density at radius 3 is 2.20 bits per heavy atom. The van der Waals surface area contributed by atoms with Crippen LogP contribution in [-0.2, 0) is 4.79 Å². The smallest absolute Gasteiger partial charge is 0.238 e. The van der Waals surface area contributed by atoms with Gasteiger partial charge in [-0.25, -0.2) is 4.98 Å². The molecule has 0 aliphatic carbocycles. The van der Waals surface area contributed by atoms with E-state index in [1.807, 2.05) is 24.3 Å². The Bertz CT molecular complexity index is 810. The number of hydrogen-bond acceptors (Lipinski definition) is 5. The highest BCUT2D eigenvalue weighted by molar-refractivity contribution is 6.30. The van der Waals surface area contributed by atoms with E-state index in [1.54, 1.807) is 6.20 Å². The Morgan fingerprint density at radius 2 is 1.57 bits per heavy atom. The number of halogens is 1. The topological polar surface area (TPSA) is 51.7 Å². The highest BCUT2D eigenvalue weighted by atomic mass is 35.5. The van der Waals surface area contributed by atoms with Crippen molar-refractivity contribution in [2.45, 2.75) is 25.7 Å². The van der Waals surface area contributed by atoms with Crippen LogP contribution in [0.1, 0.15) is 25.7 Å². The molecule has 4 rings (SSSR count). The van der Waals surface area contributed by atoms with E-state index in [0.29, 0.717) is 11.6 Å². The Hall–Kier alpha value is -2.31. The van der Waals surface area contributed by atoms with Crippen LogP contribution in [-0.4, -0.2) is 61.6 Å². The predicted octanol–water partition coefficient (Wildman–Crippen LogP) is 3.88. The monoisotopic (exact) mass is 427 g/mol. The van der Waals surface area contributed by atoms with Gasteiger partial charge < -0.3 is 15.1 Å². The zero-order chi connectivity index (χ0) is 20.8. The molecule has 0 spiro atoms. The van der Waals surface area contributed by atoms with Gasteiger partial charge in [-0.15, -0.1) is 0 Å². The predicted molar refractivity (Wildman–Crippen MR) is 124 cm³/mol. The number of hydrogen-bond donors (Lipinski definition) is 1. The van der Waals surface area contributed by atoms with Gasteiger partial charge in [0.1, 0.15) is 5.82 Å². The van der Waals surface area contributed by atoms with E-state index in [2.05, 4.69) is 37.1 Å². The number of carbonyl (C=O) groups is 1. The molecule has 2 aliphatic heterocycles. The van der Waals surface area contributed by atoms with Crippen LogP contribution in [0.4, 0.5) is 17.2 Å². The number of anilines is 3. The third-order valence-electron chi connectivity index (χ3n) is 5.90. The zero-order valence-corrected chi connectivity index (χ0v) is 18.2. The molecule has 0 atom stereocenters. The van der Waals surface area contributed by atoms with Crippen molar-refractivity contribution in [2.24, 2.45) is 0 Å². The molecule has 160 valence electrons. The van der Waals surface area contributed by atoms with Gasteiger partial charge in [0, 0.05) is 56.8 Å². The first-order valence-corrected chi connectivity index (χ1v) is 11.3. The molecule has 3 heterocycles. The van der Waals surface area contributed by atoms with Crippen molar-refractivity contribution in [1.82, 2.24) is 9.88 Å². The van der Waals surface area contributed by atoms with Gasteiger partial charge >= 0.3 is 0 Å². The Kier molecular flexibility index (Phi) is 7.07. The standard InChI is InChI=1S/C23H30ClN5O/c24-19-5-10-22(25-17-19)29-15-13-27(14-16-29)18-23(30)26-20-6-8-21(9-7-20)28-11-3-1-2-4-12-28/h5-10,17H,1-4,11-16,18H2,(H,26,30). The number of benzene rings is 1. The Labute approximate surface area is 183 Å². The van der Waals surface area contributed by atoms with Crippen molar-refractivity contribution >= 4 is 34.7 Å². The molecule has 2 saturated heterocycles. The Morgan fingerprint density at radius 1 is 0.867 bits per heavy atom. The lowest BCUT2D eigenvalue weighted by atomic mass is 10.2. The van der Waals surface area contributed by atoms with Crippen LogP contribution >= 0.6 is 11.6 Å². The summed E-state index contributed by atoms with van der Waals surface area (Å²) >= 11 is 5.92. The molecule has 1 aromatic carbocycles. The summed E-state index contributed by atoms with van der Waals surface area (Å²) in [7, 11) is 0. The molecule has 0 bridgehead atoms. The summed E-state index contributed by atoms with van der Waals surface area (Å²) in [6, 6.07) is 12.1. The van der Waals surface area contributed by atoms with E-state index in [1.165, 1.54) is 31.4 Å². The highest BCUT2D eigenvalue weighted by Crippen LogP contribution is 2.22. The third kappa shape index (κ3) is 5.64. The number of rotatable bonds is 5. The number of aromatic nitrogens is 1. The van der Waals surface area contributed by atoms with Crippen molar-refractivity contribution in [1.29, 1.82) is 0 Å². The molecule has 1 N–H and O–H groups in total. The van der Waals surface area contributed by atoms with E-state index in [0.717, 1.165) is 50.8 Å². The first-order chi connectivity index (χ1) is 14.7. The molecule has 0 saturated carbocycles. The summed E-state index contributed by atoms with van der Waals surface area (Å²) in [6.45, 7) is 6.05. The van der Waals surface area contributed by atoms with Gasteiger partial charge in [0.05, 0.1) is 11.6 Å². The number of piperazine rings is 1. The van der Waals surface area contributed by atoms with Gasteiger partial charge in [0.15, 0.2) is 0 Å². The van der Waals surface area contributed by atoms with Gasteiger partial charge in [0.25, 0.3) is 0 Å². The number of pyridine rings is 1. The minimum absolute atomic E-state index is 0.0376. The second-order valence-electron chi connectivity index (χ2n) is 8.09. The molecular formula is C23H30ClN5O. The van der Waals surface area contributed by atoms with E-state index in [4.69, 9.17) is 11.6 Å². The van der Waals surface area contributed by atoms with Crippen molar-refractivity contribution in [3.63, 3.8) is 0 Å². The fourth-order valence-electron chi connectivity index (χ4n) is 4.18. The van der Waals surface area contributed by atoms with Crippen LogP contribution in [0.2, 0.25) is 5.02 Å². The Balaban J connectivity index is 1.23. The van der Waals surface area contributed by atoms with E-state index >= 15 is 0 Å². The summed E-state index contributed by atoms with van der Waals surface area (Å²) in [6.07, 6.45) is 6.86. The molecule has 1 amide bonds. The molecule has 0 radical (unpaired) electrons. The van der Waals surface area contributed by atoms with Gasteiger partial charge in [-0.3, -0.25) is 9.69 Å². The lowest BCUT2D eigenvalue weighted by molar-refractivity contribution is -0.117. The van der Waals surface area contributed by atoms with E-state index < -0.39 is 0 Å². The molecule has 30 heavy (non-hydrogen) atoms. The molecule has 2 aliphatic rings. The summed E-state index contributed by atoms with van der Waals surface area (Å²) < 4.78 is 0. The normalized spacial score (nSPS) is 18.2. The number of carbonyl (C=O) groups excluding carboxylic acids is 1. The molecule has 6 nitrogen and oxygen atoms in total. The van der Waals surface area contributed by atoms with Crippen LogP contribution in [0.5, 0.6) is 0 Å². The maximum absolute atomic E-state index is 12.5. The molecule has 2 aromatic rings. The largest absolute Gasteiger partial charge is 0.372 e. The fraction of sp³-hybridized carbons (Fsp3) is 0.478. The first-order valence-electron chi connectivity index (χ1n) is 10.9. The second-order valence-corrected chi connectivity index (χ2v) is 8.53. The number of nitrogens with zero attached hydrogens (tertiary/aromatic N) is 4. The summed E-state index contributed by atoms with van der Waals surface area (Å²) in [5.74, 6) is 0.976. The van der Waals surface area contributed by atoms with Gasteiger partial charge in [-0.05, 0) is 49.2 Å². The van der Waals surface area contributed by atoms with E-state index in [9.17, 15) is 4.79 Å². The van der Waals surface area contributed by atoms with Gasteiger partial charge in [0.2, 0.25) is 5.91 Å². The van der Waals surface area contributed by atoms with Crippen LogP contribution in [0.3, 0.4) is 0 Å². The van der Waals surface area contributed by atoms with Crippen molar-refractivity contribution < 1.29 is 4.79 Å². The van der Waals surface area contributed by atoms with Crippen molar-refractivity contribution in [3.8, 4) is 0 Å². The molecule has 1 aromatic heterocycles. The summed E-state index contributed by atoms with van der Waals surface area (Å²) in [5.41, 5.74) is 2.12. The first kappa shape index (κ1) is 20.9. The lowest BCUT2D eigenvalue weighted by Gasteiger charge is -2.35. The van der Waals surface area contributed by atoms with E-state index in [-0.39, 0.29) is 5.91 Å². The fourth-order valence-corrected chi connectivity index (χ4v) is 4.29. The molecule has 0 unspecified atom stereocenters. The molecule has 7 heteroatoms. The summed E-state index contributed by atoms with van der Waals surface area (Å²) in [4.78, 5) is 23.7. The quantitative estimate of drug-likeness (QED) is 0.784. The van der Waals surface area contributed by atoms with Crippen molar-refractivity contribution in [2.75, 3.05) is 60.9 Å². The maximum atomic E-state index is 12.5. The van der Waals surface area contributed by atoms with Crippen molar-refractivity contribution in [3.05, 3.63) is 47.6 Å². The average Bonchev–Trinajstić information content (AvgIpc) is 3.05. The number of nitrogens with one attached hydrogen (secondary N) is 1. The minimum Gasteiger partial charge on any atom is -0.372 e. The zero-order valence-electron chi connectivity index (χ0n) is 17.4. The SMILES string of the molecule is O=C(CN1CCN(c2ccc(Cl)cn2)CC1)Nc1ccc(N2CCCCCC2)cc1. The lowest BCUT2D eigenvalue weighted by Crippen LogP contribution is -2.48. The van der Waals surface area contributed by atoms with Crippen LogP contribution in [0, 0.1) is 0 Å². The third-order valence-corrected chi connectivity index (χ3v) is 6.12. The average molecular weight is 428 g/mol. The molecule has 2 fully saturated rings. The van der Waals surface area contributed by atoms with Crippen LogP contribution in [0.25, 0.3) is 0 Å². The van der Waals surface area contributed by atoms with Gasteiger partial charge in [-0.2, -0.15) is 0 Å². The molecular weight excluding hydrogens is 398 g/mol. The number of amides is 1. The van der Waals surface area contributed by atoms with Crippen LogP contribution < -0.4 is 15.1 Å². The summed E-state index contributed by atoms with van der Waals surface area (Å²) in [5, 5.41) is 3.69. The second kappa shape index (κ2) is 10.1. The highest BCUT2D eigenvalue weighted by Gasteiger charge is 2.20. The maximum Gasteiger partial charge on any atom is 0.238 e. The van der Waals surface area contributed by atoms with Gasteiger partial charge in [-0.1, -0.05) is 24.4 Å². The van der Waals surface area contributed by atoms with Crippen LogP contribution in [0.15, 0.2) is 42.6 Å².